The highest BCUT2D eigenvalue weighted by Gasteiger charge is 2.21. The minimum Gasteiger partial charge on any atom is -0.316 e. The lowest BCUT2D eigenvalue weighted by Crippen LogP contribution is -2.41. The van der Waals surface area contributed by atoms with Gasteiger partial charge in [0.1, 0.15) is 0 Å². The summed E-state index contributed by atoms with van der Waals surface area (Å²) in [5, 5.41) is 9.22. The fraction of sp³-hybridized carbons (Fsp3) is 0.424. The molecule has 37 heavy (non-hydrogen) atoms. The Morgan fingerprint density at radius 2 is 1.16 bits per heavy atom. The summed E-state index contributed by atoms with van der Waals surface area (Å²) in [6.07, 6.45) is 1.12. The third-order valence-corrected chi connectivity index (χ3v) is 7.24. The van der Waals surface area contributed by atoms with Crippen LogP contribution >= 0.6 is 12.4 Å². The van der Waals surface area contributed by atoms with Gasteiger partial charge in [-0.15, -0.1) is 12.4 Å². The maximum absolute atomic E-state index is 9.22. The Labute approximate surface area is 231 Å². The molecule has 0 aliphatic heterocycles. The monoisotopic (exact) mass is 519 g/mol. The molecule has 0 aliphatic rings. The van der Waals surface area contributed by atoms with E-state index in [0.717, 1.165) is 17.8 Å². The van der Waals surface area contributed by atoms with E-state index < -0.39 is 0 Å². The molecule has 0 aromatic heterocycles. The number of hydrogen-bond acceptors (Lipinski definition) is 1. The quantitative estimate of drug-likeness (QED) is 0.259. The lowest BCUT2D eigenvalue weighted by Gasteiger charge is -2.32. The number of anilines is 2. The van der Waals surface area contributed by atoms with Crippen LogP contribution in [0, 0.1) is 5.41 Å². The first-order valence-electron chi connectivity index (χ1n) is 13.2. The van der Waals surface area contributed by atoms with Crippen LogP contribution in [0.15, 0.2) is 72.8 Å². The summed E-state index contributed by atoms with van der Waals surface area (Å²) < 4.78 is 0. The largest absolute Gasteiger partial charge is 0.316 e. The molecule has 4 heteroatoms. The van der Waals surface area contributed by atoms with Crippen molar-refractivity contribution in [2.45, 2.75) is 85.1 Å². The minimum absolute atomic E-state index is 0. The molecule has 3 aromatic carbocycles. The van der Waals surface area contributed by atoms with Crippen LogP contribution in [-0.4, -0.2) is 13.0 Å². The van der Waals surface area contributed by atoms with Crippen molar-refractivity contribution in [2.75, 3.05) is 16.8 Å². The zero-order valence-electron chi connectivity index (χ0n) is 24.2. The molecule has 0 fully saturated rings. The van der Waals surface area contributed by atoms with Crippen molar-refractivity contribution in [2.24, 2.45) is 0 Å². The summed E-state index contributed by atoms with van der Waals surface area (Å²) in [5.41, 5.74) is 7.40. The van der Waals surface area contributed by atoms with E-state index in [4.69, 9.17) is 0 Å². The number of guanidine groups is 1. The molecule has 1 unspecified atom stereocenters. The van der Waals surface area contributed by atoms with E-state index in [0.29, 0.717) is 18.4 Å². The number of halogens is 1. The molecule has 1 N–H and O–H groups in total. The summed E-state index contributed by atoms with van der Waals surface area (Å²) in [6, 6.07) is 26.2. The van der Waals surface area contributed by atoms with E-state index in [9.17, 15) is 5.41 Å². The summed E-state index contributed by atoms with van der Waals surface area (Å²) in [4.78, 5) is 4.07. The molecule has 200 valence electrons. The molecule has 0 radical (unpaired) electrons. The highest BCUT2D eigenvalue weighted by atomic mass is 35.5. The van der Waals surface area contributed by atoms with Gasteiger partial charge in [0.15, 0.2) is 0 Å². The van der Waals surface area contributed by atoms with Gasteiger partial charge in [-0.2, -0.15) is 0 Å². The van der Waals surface area contributed by atoms with E-state index in [1.165, 1.54) is 22.3 Å². The second-order valence-corrected chi connectivity index (χ2v) is 12.1. The predicted molar refractivity (Wildman–Crippen MR) is 165 cm³/mol. The molecule has 0 spiro atoms. The minimum atomic E-state index is 0. The van der Waals surface area contributed by atoms with Crippen molar-refractivity contribution in [3.8, 4) is 0 Å². The predicted octanol–water partition coefficient (Wildman–Crippen LogP) is 9.29. The van der Waals surface area contributed by atoms with Gasteiger partial charge in [-0.1, -0.05) is 104 Å². The Morgan fingerprint density at radius 3 is 1.59 bits per heavy atom. The Morgan fingerprint density at radius 1 is 0.730 bits per heavy atom. The van der Waals surface area contributed by atoms with Crippen molar-refractivity contribution in [3.63, 3.8) is 0 Å². The van der Waals surface area contributed by atoms with Crippen LogP contribution in [0.1, 0.15) is 90.0 Å². The lowest BCUT2D eigenvalue weighted by molar-refractivity contribution is 0.589. The van der Waals surface area contributed by atoms with Crippen LogP contribution in [0.3, 0.4) is 0 Å². The smallest absolute Gasteiger partial charge is 0.202 e. The highest BCUT2D eigenvalue weighted by Crippen LogP contribution is 2.29. The zero-order chi connectivity index (χ0) is 26.7. The normalized spacial score (nSPS) is 12.5. The van der Waals surface area contributed by atoms with Gasteiger partial charge in [0.05, 0.1) is 6.54 Å². The van der Waals surface area contributed by atoms with E-state index in [2.05, 4.69) is 133 Å². The topological polar surface area (TPSA) is 30.3 Å². The van der Waals surface area contributed by atoms with Gasteiger partial charge in [0, 0.05) is 18.4 Å². The van der Waals surface area contributed by atoms with E-state index in [1.54, 1.807) is 0 Å². The first-order chi connectivity index (χ1) is 16.8. The van der Waals surface area contributed by atoms with Crippen LogP contribution in [0.5, 0.6) is 0 Å². The average Bonchev–Trinajstić information content (AvgIpc) is 2.85. The van der Waals surface area contributed by atoms with Gasteiger partial charge in [0.2, 0.25) is 5.96 Å². The summed E-state index contributed by atoms with van der Waals surface area (Å²) in [5.74, 6) is 0.993. The SMILES string of the molecule is CCC(C)c1ccc(N(C)C(=N)N(Cc2ccc(C(C)(C)C)cc2)c2ccc(C(C)(C)C)cc2)cc1.Cl. The second-order valence-electron chi connectivity index (χ2n) is 12.1. The standard InChI is InChI=1S/C33H45N3.ClH/c1-10-24(2)26-13-19-29(20-14-26)35(9)31(34)36(30-21-17-28(18-22-30)33(6,7)8)23-25-11-15-27(16-12-25)32(3,4)5;/h11-22,24,34H,10,23H2,1-9H3;1H. The van der Waals surface area contributed by atoms with Gasteiger partial charge in [-0.05, 0) is 69.7 Å². The first-order valence-corrected chi connectivity index (χ1v) is 13.2. The van der Waals surface area contributed by atoms with E-state index in [1.807, 2.05) is 11.9 Å². The van der Waals surface area contributed by atoms with Gasteiger partial charge in [0.25, 0.3) is 0 Å². The molecular weight excluding hydrogens is 474 g/mol. The van der Waals surface area contributed by atoms with Crippen molar-refractivity contribution in [1.29, 1.82) is 5.41 Å². The number of hydrogen-bond donors (Lipinski definition) is 1. The fourth-order valence-corrected chi connectivity index (χ4v) is 4.29. The Balaban J connectivity index is 0.00000481. The van der Waals surface area contributed by atoms with Crippen molar-refractivity contribution in [3.05, 3.63) is 95.1 Å². The Hall–Kier alpha value is -2.78. The van der Waals surface area contributed by atoms with Crippen LogP contribution in [0.4, 0.5) is 11.4 Å². The molecule has 0 aliphatic carbocycles. The number of benzene rings is 3. The molecular formula is C33H46ClN3. The first kappa shape index (κ1) is 30.4. The molecule has 3 aromatic rings. The summed E-state index contributed by atoms with van der Waals surface area (Å²) in [6.45, 7) is 18.5. The van der Waals surface area contributed by atoms with Crippen LogP contribution in [0.2, 0.25) is 0 Å². The molecule has 0 saturated heterocycles. The maximum Gasteiger partial charge on any atom is 0.202 e. The van der Waals surface area contributed by atoms with Crippen molar-refractivity contribution in [1.82, 2.24) is 0 Å². The van der Waals surface area contributed by atoms with E-state index >= 15 is 0 Å². The van der Waals surface area contributed by atoms with E-state index in [-0.39, 0.29) is 23.2 Å². The van der Waals surface area contributed by atoms with Crippen molar-refractivity contribution < 1.29 is 0 Å². The summed E-state index contributed by atoms with van der Waals surface area (Å²) >= 11 is 0. The second kappa shape index (κ2) is 12.2. The van der Waals surface area contributed by atoms with Crippen LogP contribution in [-0.2, 0) is 17.4 Å². The molecule has 0 bridgehead atoms. The van der Waals surface area contributed by atoms with Crippen LogP contribution < -0.4 is 9.80 Å². The lowest BCUT2D eigenvalue weighted by atomic mass is 9.86. The highest BCUT2D eigenvalue weighted by molar-refractivity contribution is 6.04. The fourth-order valence-electron chi connectivity index (χ4n) is 4.29. The number of nitrogens with one attached hydrogen (secondary N) is 1. The maximum atomic E-state index is 9.22. The Kier molecular flexibility index (Phi) is 10.0. The Bertz CT molecular complexity index is 1130. The molecule has 0 amide bonds. The molecule has 0 heterocycles. The molecule has 3 nitrogen and oxygen atoms in total. The zero-order valence-corrected chi connectivity index (χ0v) is 25.0. The third kappa shape index (κ3) is 7.61. The van der Waals surface area contributed by atoms with Gasteiger partial charge < -0.3 is 9.80 Å². The molecule has 1 atom stereocenters. The van der Waals surface area contributed by atoms with Gasteiger partial charge in [-0.3, -0.25) is 5.41 Å². The number of nitrogens with zero attached hydrogens (tertiary/aromatic N) is 2. The average molecular weight is 520 g/mol. The number of rotatable bonds is 6. The molecule has 3 rings (SSSR count). The summed E-state index contributed by atoms with van der Waals surface area (Å²) in [7, 11) is 1.99. The van der Waals surface area contributed by atoms with Gasteiger partial charge >= 0.3 is 0 Å². The third-order valence-electron chi connectivity index (χ3n) is 7.24. The van der Waals surface area contributed by atoms with Gasteiger partial charge in [-0.25, -0.2) is 0 Å². The molecule has 0 saturated carbocycles. The van der Waals surface area contributed by atoms with Crippen molar-refractivity contribution >= 4 is 29.7 Å². The van der Waals surface area contributed by atoms with Crippen LogP contribution in [0.25, 0.3) is 0 Å².